The van der Waals surface area contributed by atoms with Gasteiger partial charge in [-0.2, -0.15) is 0 Å². The van der Waals surface area contributed by atoms with Gasteiger partial charge in [0, 0.05) is 17.3 Å². The van der Waals surface area contributed by atoms with Gasteiger partial charge in [-0.1, -0.05) is 49.4 Å². The third-order valence-electron chi connectivity index (χ3n) is 4.19. The SMILES string of the molecule is CCc1ccc(NC(N)=NCC(C)(C)NC(C)c2ccccc2)cc1.I. The normalized spacial score (nSPS) is 13.0. The Hall–Kier alpha value is -1.60. The van der Waals surface area contributed by atoms with E-state index in [2.05, 4.69) is 79.7 Å². The third kappa shape index (κ3) is 7.33. The van der Waals surface area contributed by atoms with Crippen molar-refractivity contribution in [3.63, 3.8) is 0 Å². The number of anilines is 1. The van der Waals surface area contributed by atoms with E-state index in [0.29, 0.717) is 12.5 Å². The van der Waals surface area contributed by atoms with Crippen LogP contribution in [-0.4, -0.2) is 18.0 Å². The molecule has 2 aromatic rings. The molecule has 0 bridgehead atoms. The highest BCUT2D eigenvalue weighted by Crippen LogP contribution is 2.16. The average Bonchev–Trinajstić information content (AvgIpc) is 2.61. The van der Waals surface area contributed by atoms with Gasteiger partial charge < -0.3 is 16.4 Å². The summed E-state index contributed by atoms with van der Waals surface area (Å²) in [6.07, 6.45) is 1.03. The Labute approximate surface area is 174 Å². The Morgan fingerprint density at radius 1 is 1.08 bits per heavy atom. The number of nitrogens with zero attached hydrogens (tertiary/aromatic N) is 1. The van der Waals surface area contributed by atoms with E-state index in [-0.39, 0.29) is 35.6 Å². The third-order valence-corrected chi connectivity index (χ3v) is 4.19. The number of nitrogens with one attached hydrogen (secondary N) is 2. The van der Waals surface area contributed by atoms with Crippen molar-refractivity contribution in [1.82, 2.24) is 5.32 Å². The van der Waals surface area contributed by atoms with E-state index in [1.54, 1.807) is 0 Å². The Morgan fingerprint density at radius 2 is 1.69 bits per heavy atom. The zero-order valence-electron chi connectivity index (χ0n) is 16.1. The van der Waals surface area contributed by atoms with Gasteiger partial charge in [-0.25, -0.2) is 0 Å². The standard InChI is InChI=1S/C21H30N4.HI/c1-5-17-11-13-19(14-12-17)24-20(22)23-15-21(3,4)25-16(2)18-9-7-6-8-10-18;/h6-14,16,25H,5,15H2,1-4H3,(H3,22,23,24);1H. The summed E-state index contributed by atoms with van der Waals surface area (Å²) in [5.41, 5.74) is 9.41. The minimum atomic E-state index is -0.159. The number of aliphatic imine (C=N–C) groups is 1. The summed E-state index contributed by atoms with van der Waals surface area (Å²) in [6, 6.07) is 18.9. The van der Waals surface area contributed by atoms with Crippen LogP contribution in [0.15, 0.2) is 59.6 Å². The van der Waals surface area contributed by atoms with Gasteiger partial charge in [-0.05, 0) is 50.5 Å². The van der Waals surface area contributed by atoms with E-state index >= 15 is 0 Å². The maximum atomic E-state index is 6.04. The lowest BCUT2D eigenvalue weighted by atomic mass is 10.0. The maximum absolute atomic E-state index is 6.04. The first-order valence-electron chi connectivity index (χ1n) is 8.88. The van der Waals surface area contributed by atoms with Crippen molar-refractivity contribution in [2.75, 3.05) is 11.9 Å². The van der Waals surface area contributed by atoms with Crippen LogP contribution in [0.25, 0.3) is 0 Å². The second-order valence-corrected chi connectivity index (χ2v) is 7.04. The fraction of sp³-hybridized carbons (Fsp3) is 0.381. The first kappa shape index (κ1) is 22.4. The molecule has 1 unspecified atom stereocenters. The molecule has 26 heavy (non-hydrogen) atoms. The van der Waals surface area contributed by atoms with E-state index < -0.39 is 0 Å². The molecule has 0 radical (unpaired) electrons. The molecule has 2 aromatic carbocycles. The van der Waals surface area contributed by atoms with Crippen LogP contribution in [0.2, 0.25) is 0 Å². The number of rotatable bonds is 7. The van der Waals surface area contributed by atoms with Gasteiger partial charge in [0.25, 0.3) is 0 Å². The van der Waals surface area contributed by atoms with Crippen LogP contribution in [-0.2, 0) is 6.42 Å². The Kier molecular flexibility index (Phi) is 9.08. The van der Waals surface area contributed by atoms with Crippen molar-refractivity contribution in [3.05, 3.63) is 65.7 Å². The molecule has 0 aromatic heterocycles. The first-order valence-corrected chi connectivity index (χ1v) is 8.88. The van der Waals surface area contributed by atoms with Crippen LogP contribution in [0.5, 0.6) is 0 Å². The smallest absolute Gasteiger partial charge is 0.193 e. The van der Waals surface area contributed by atoms with E-state index in [1.807, 2.05) is 18.2 Å². The number of guanidine groups is 1. The fourth-order valence-corrected chi connectivity index (χ4v) is 2.75. The van der Waals surface area contributed by atoms with Crippen LogP contribution in [0.3, 0.4) is 0 Å². The molecule has 0 amide bonds. The molecule has 0 aliphatic rings. The quantitative estimate of drug-likeness (QED) is 0.314. The van der Waals surface area contributed by atoms with E-state index in [0.717, 1.165) is 12.1 Å². The monoisotopic (exact) mass is 466 g/mol. The van der Waals surface area contributed by atoms with Crippen LogP contribution in [0.1, 0.15) is 44.9 Å². The zero-order chi connectivity index (χ0) is 18.3. The molecule has 2 rings (SSSR count). The lowest BCUT2D eigenvalue weighted by Crippen LogP contribution is -2.44. The number of hydrogen-bond acceptors (Lipinski definition) is 2. The van der Waals surface area contributed by atoms with Crippen LogP contribution >= 0.6 is 24.0 Å². The molecule has 5 heteroatoms. The summed E-state index contributed by atoms with van der Waals surface area (Å²) in [7, 11) is 0. The van der Waals surface area contributed by atoms with Gasteiger partial charge in [-0.15, -0.1) is 24.0 Å². The van der Waals surface area contributed by atoms with Crippen molar-refractivity contribution in [2.45, 2.75) is 45.7 Å². The lowest BCUT2D eigenvalue weighted by Gasteiger charge is -2.29. The predicted molar refractivity (Wildman–Crippen MR) is 123 cm³/mol. The molecule has 4 nitrogen and oxygen atoms in total. The summed E-state index contributed by atoms with van der Waals surface area (Å²) in [6.45, 7) is 9.18. The van der Waals surface area contributed by atoms with Crippen molar-refractivity contribution < 1.29 is 0 Å². The van der Waals surface area contributed by atoms with Crippen LogP contribution in [0.4, 0.5) is 5.69 Å². The molecular weight excluding hydrogens is 435 g/mol. The van der Waals surface area contributed by atoms with Crippen molar-refractivity contribution in [3.8, 4) is 0 Å². The number of benzene rings is 2. The largest absolute Gasteiger partial charge is 0.370 e. The Bertz CT molecular complexity index is 681. The van der Waals surface area contributed by atoms with Gasteiger partial charge in [0.15, 0.2) is 5.96 Å². The average molecular weight is 466 g/mol. The molecule has 1 atom stereocenters. The number of halogens is 1. The summed E-state index contributed by atoms with van der Waals surface area (Å²) in [4.78, 5) is 4.50. The van der Waals surface area contributed by atoms with Gasteiger partial charge in [-0.3, -0.25) is 4.99 Å². The molecule has 0 saturated heterocycles. The van der Waals surface area contributed by atoms with Crippen molar-refractivity contribution >= 4 is 35.6 Å². The van der Waals surface area contributed by atoms with E-state index in [4.69, 9.17) is 5.73 Å². The summed E-state index contributed by atoms with van der Waals surface area (Å²) >= 11 is 0. The Balaban J connectivity index is 0.00000338. The van der Waals surface area contributed by atoms with E-state index in [1.165, 1.54) is 11.1 Å². The first-order chi connectivity index (χ1) is 11.9. The molecule has 0 aliphatic carbocycles. The van der Waals surface area contributed by atoms with Crippen molar-refractivity contribution in [2.24, 2.45) is 10.7 Å². The number of nitrogens with two attached hydrogens (primary N) is 1. The van der Waals surface area contributed by atoms with Gasteiger partial charge >= 0.3 is 0 Å². The highest BCUT2D eigenvalue weighted by atomic mass is 127. The fourth-order valence-electron chi connectivity index (χ4n) is 2.75. The molecule has 4 N–H and O–H groups in total. The second-order valence-electron chi connectivity index (χ2n) is 7.04. The maximum Gasteiger partial charge on any atom is 0.193 e. The molecule has 0 heterocycles. The Morgan fingerprint density at radius 3 is 2.27 bits per heavy atom. The molecule has 0 aliphatic heterocycles. The molecule has 0 fully saturated rings. The summed E-state index contributed by atoms with van der Waals surface area (Å²) < 4.78 is 0. The second kappa shape index (κ2) is 10.5. The molecule has 142 valence electrons. The minimum absolute atomic E-state index is 0. The predicted octanol–water partition coefficient (Wildman–Crippen LogP) is 4.72. The zero-order valence-corrected chi connectivity index (χ0v) is 18.5. The number of aryl methyl sites for hydroxylation is 1. The topological polar surface area (TPSA) is 62.4 Å². The molecule has 0 spiro atoms. The highest BCUT2D eigenvalue weighted by Gasteiger charge is 2.20. The lowest BCUT2D eigenvalue weighted by molar-refractivity contribution is 0.357. The summed E-state index contributed by atoms with van der Waals surface area (Å²) in [5, 5.41) is 6.77. The minimum Gasteiger partial charge on any atom is -0.370 e. The summed E-state index contributed by atoms with van der Waals surface area (Å²) in [5.74, 6) is 0.437. The van der Waals surface area contributed by atoms with Crippen molar-refractivity contribution in [1.29, 1.82) is 0 Å². The molecular formula is C21H31IN4. The van der Waals surface area contributed by atoms with E-state index in [9.17, 15) is 0 Å². The van der Waals surface area contributed by atoms with Gasteiger partial charge in [0.2, 0.25) is 0 Å². The number of hydrogen-bond donors (Lipinski definition) is 3. The van der Waals surface area contributed by atoms with Gasteiger partial charge in [0.1, 0.15) is 0 Å². The molecule has 0 saturated carbocycles. The van der Waals surface area contributed by atoms with Crippen LogP contribution < -0.4 is 16.4 Å². The van der Waals surface area contributed by atoms with Crippen LogP contribution in [0, 0.1) is 0 Å². The van der Waals surface area contributed by atoms with Gasteiger partial charge in [0.05, 0.1) is 6.54 Å². The highest BCUT2D eigenvalue weighted by molar-refractivity contribution is 14.0.